The molecule has 3 heterocycles. The smallest absolute Gasteiger partial charge is 0.241 e. The molecule has 2 saturated heterocycles. The fourth-order valence-electron chi connectivity index (χ4n) is 3.72. The fourth-order valence-corrected chi connectivity index (χ4v) is 3.72. The highest BCUT2D eigenvalue weighted by atomic mass is 19.1. The highest BCUT2D eigenvalue weighted by molar-refractivity contribution is 5.96. The summed E-state index contributed by atoms with van der Waals surface area (Å²) in [4.78, 5) is 14.0. The van der Waals surface area contributed by atoms with Crippen molar-refractivity contribution in [3.8, 4) is 0 Å². The van der Waals surface area contributed by atoms with Gasteiger partial charge in [0.05, 0.1) is 24.9 Å². The molecule has 0 bridgehead atoms. The van der Waals surface area contributed by atoms with Crippen LogP contribution < -0.4 is 16.0 Å². The Hall–Kier alpha value is -1.66. The molecule has 6 heteroatoms. The van der Waals surface area contributed by atoms with Crippen LogP contribution in [0.1, 0.15) is 12.0 Å². The molecule has 1 aromatic rings. The van der Waals surface area contributed by atoms with Crippen molar-refractivity contribution in [2.24, 2.45) is 17.6 Å². The molecule has 3 N–H and O–H groups in total. The van der Waals surface area contributed by atoms with Gasteiger partial charge in [0, 0.05) is 30.6 Å². The Morgan fingerprint density at radius 2 is 2.00 bits per heavy atom. The van der Waals surface area contributed by atoms with E-state index in [1.54, 1.807) is 12.1 Å². The minimum atomic E-state index is -0.526. The Morgan fingerprint density at radius 1 is 1.27 bits per heavy atom. The average molecular weight is 305 g/mol. The highest BCUT2D eigenvalue weighted by Crippen LogP contribution is 2.36. The van der Waals surface area contributed by atoms with Crippen molar-refractivity contribution in [3.63, 3.8) is 0 Å². The molecule has 0 aromatic heterocycles. The van der Waals surface area contributed by atoms with Gasteiger partial charge in [-0.15, -0.1) is 0 Å². The van der Waals surface area contributed by atoms with E-state index < -0.39 is 6.04 Å². The maximum atomic E-state index is 14.5. The first-order valence-electron chi connectivity index (χ1n) is 7.83. The van der Waals surface area contributed by atoms with E-state index in [4.69, 9.17) is 10.5 Å². The van der Waals surface area contributed by atoms with Crippen LogP contribution in [0.5, 0.6) is 0 Å². The summed E-state index contributed by atoms with van der Waals surface area (Å²) in [6.45, 7) is 3.15. The number of aryl methyl sites for hydroxylation is 1. The molecule has 0 aliphatic carbocycles. The van der Waals surface area contributed by atoms with Crippen LogP contribution in [0.2, 0.25) is 0 Å². The number of ether oxygens (including phenoxy) is 1. The Morgan fingerprint density at radius 3 is 2.73 bits per heavy atom. The maximum Gasteiger partial charge on any atom is 0.241 e. The van der Waals surface area contributed by atoms with Gasteiger partial charge in [-0.2, -0.15) is 0 Å². The SMILES string of the molecule is NC1CCc2cc(F)c(N3C[C@H]4COC[C@H]4C3)cc2NC1=O. The van der Waals surface area contributed by atoms with Crippen molar-refractivity contribution in [2.75, 3.05) is 36.5 Å². The zero-order valence-corrected chi connectivity index (χ0v) is 12.3. The van der Waals surface area contributed by atoms with E-state index in [1.165, 1.54) is 0 Å². The lowest BCUT2D eigenvalue weighted by Gasteiger charge is -2.22. The quantitative estimate of drug-likeness (QED) is 0.816. The Balaban J connectivity index is 1.64. The van der Waals surface area contributed by atoms with Gasteiger partial charge in [-0.25, -0.2) is 4.39 Å². The van der Waals surface area contributed by atoms with Crippen molar-refractivity contribution in [2.45, 2.75) is 18.9 Å². The van der Waals surface area contributed by atoms with Gasteiger partial charge in [0.25, 0.3) is 0 Å². The van der Waals surface area contributed by atoms with E-state index in [1.807, 2.05) is 0 Å². The Labute approximate surface area is 128 Å². The number of hydrogen-bond acceptors (Lipinski definition) is 4. The minimum Gasteiger partial charge on any atom is -0.381 e. The number of fused-ring (bicyclic) bond motifs is 2. The number of anilines is 2. The minimum absolute atomic E-state index is 0.192. The topological polar surface area (TPSA) is 67.6 Å². The molecule has 1 unspecified atom stereocenters. The summed E-state index contributed by atoms with van der Waals surface area (Å²) in [6, 6.07) is 2.79. The number of nitrogens with zero attached hydrogens (tertiary/aromatic N) is 1. The summed E-state index contributed by atoms with van der Waals surface area (Å²) in [5.41, 5.74) is 7.88. The van der Waals surface area contributed by atoms with Crippen molar-refractivity contribution < 1.29 is 13.9 Å². The third-order valence-corrected chi connectivity index (χ3v) is 5.07. The number of rotatable bonds is 1. The summed E-state index contributed by atoms with van der Waals surface area (Å²) in [5, 5.41) is 2.83. The molecule has 1 aromatic carbocycles. The summed E-state index contributed by atoms with van der Waals surface area (Å²) < 4.78 is 20.0. The molecular formula is C16H20FN3O2. The molecule has 3 aliphatic rings. The van der Waals surface area contributed by atoms with Gasteiger partial charge in [0.15, 0.2) is 0 Å². The normalized spacial score (nSPS) is 30.7. The maximum absolute atomic E-state index is 14.5. The van der Waals surface area contributed by atoms with Crippen LogP contribution >= 0.6 is 0 Å². The molecule has 0 spiro atoms. The number of benzene rings is 1. The van der Waals surface area contributed by atoms with Crippen LogP contribution in [0.25, 0.3) is 0 Å². The third kappa shape index (κ3) is 2.27. The predicted molar refractivity (Wildman–Crippen MR) is 81.3 cm³/mol. The van der Waals surface area contributed by atoms with E-state index in [0.717, 1.165) is 31.9 Å². The van der Waals surface area contributed by atoms with E-state index >= 15 is 0 Å². The lowest BCUT2D eigenvalue weighted by Crippen LogP contribution is -2.34. The number of carbonyl (C=O) groups is 1. The molecule has 2 fully saturated rings. The van der Waals surface area contributed by atoms with Crippen LogP contribution in [0.15, 0.2) is 12.1 Å². The summed E-state index contributed by atoms with van der Waals surface area (Å²) in [6.07, 6.45) is 1.16. The second kappa shape index (κ2) is 5.21. The van der Waals surface area contributed by atoms with E-state index in [-0.39, 0.29) is 11.7 Å². The second-order valence-electron chi connectivity index (χ2n) is 6.56. The van der Waals surface area contributed by atoms with Gasteiger partial charge in [0.1, 0.15) is 5.82 Å². The molecule has 4 rings (SSSR count). The van der Waals surface area contributed by atoms with Crippen molar-refractivity contribution in [1.29, 1.82) is 0 Å². The van der Waals surface area contributed by atoms with Crippen LogP contribution in [0.4, 0.5) is 15.8 Å². The molecule has 5 nitrogen and oxygen atoms in total. The van der Waals surface area contributed by atoms with Gasteiger partial charge >= 0.3 is 0 Å². The first kappa shape index (κ1) is 14.0. The van der Waals surface area contributed by atoms with Gasteiger partial charge < -0.3 is 20.7 Å². The first-order chi connectivity index (χ1) is 10.6. The average Bonchev–Trinajstić information content (AvgIpc) is 3.04. The van der Waals surface area contributed by atoms with Crippen molar-refractivity contribution >= 4 is 17.3 Å². The molecular weight excluding hydrogens is 285 g/mol. The number of halogens is 1. The van der Waals surface area contributed by atoms with Crippen molar-refractivity contribution in [3.05, 3.63) is 23.5 Å². The molecule has 22 heavy (non-hydrogen) atoms. The Bertz CT molecular complexity index is 610. The third-order valence-electron chi connectivity index (χ3n) is 5.07. The number of nitrogens with one attached hydrogen (secondary N) is 1. The standard InChI is InChI=1S/C16H20FN3O2/c17-12-3-9-1-2-13(18)16(21)19-14(9)4-15(12)20-5-10-7-22-8-11(10)6-20/h3-4,10-11,13H,1-2,5-8,18H2,(H,19,21)/t10-,11+,13?. The van der Waals surface area contributed by atoms with Crippen molar-refractivity contribution in [1.82, 2.24) is 0 Å². The lowest BCUT2D eigenvalue weighted by atomic mass is 10.0. The fraction of sp³-hybridized carbons (Fsp3) is 0.562. The van der Waals surface area contributed by atoms with Crippen LogP contribution in [-0.4, -0.2) is 38.3 Å². The van der Waals surface area contributed by atoms with E-state index in [2.05, 4.69) is 10.2 Å². The zero-order valence-electron chi connectivity index (χ0n) is 12.3. The number of carbonyl (C=O) groups excluding carboxylic acids is 1. The van der Waals surface area contributed by atoms with Crippen LogP contribution in [-0.2, 0) is 16.0 Å². The monoisotopic (exact) mass is 305 g/mol. The number of amides is 1. The molecule has 3 atom stereocenters. The van der Waals surface area contributed by atoms with Gasteiger partial charge in [-0.3, -0.25) is 4.79 Å². The van der Waals surface area contributed by atoms with Gasteiger partial charge in [-0.1, -0.05) is 0 Å². The molecule has 0 saturated carbocycles. The summed E-state index contributed by atoms with van der Waals surface area (Å²) >= 11 is 0. The molecule has 118 valence electrons. The summed E-state index contributed by atoms with van der Waals surface area (Å²) in [7, 11) is 0. The second-order valence-corrected chi connectivity index (χ2v) is 6.56. The number of hydrogen-bond donors (Lipinski definition) is 2. The number of nitrogens with two attached hydrogens (primary N) is 1. The zero-order chi connectivity index (χ0) is 15.3. The lowest BCUT2D eigenvalue weighted by molar-refractivity contribution is -0.117. The summed E-state index contributed by atoms with van der Waals surface area (Å²) in [5.74, 6) is 0.565. The predicted octanol–water partition coefficient (Wildman–Crippen LogP) is 1.12. The first-order valence-corrected chi connectivity index (χ1v) is 7.83. The van der Waals surface area contributed by atoms with Gasteiger partial charge in [0.2, 0.25) is 5.91 Å². The van der Waals surface area contributed by atoms with Crippen LogP contribution in [0.3, 0.4) is 0 Å². The van der Waals surface area contributed by atoms with E-state index in [9.17, 15) is 9.18 Å². The van der Waals surface area contributed by atoms with E-state index in [0.29, 0.717) is 36.1 Å². The molecule has 0 radical (unpaired) electrons. The van der Waals surface area contributed by atoms with Crippen LogP contribution in [0, 0.1) is 17.7 Å². The molecule has 1 amide bonds. The highest BCUT2D eigenvalue weighted by Gasteiger charge is 2.38. The largest absolute Gasteiger partial charge is 0.381 e. The Kier molecular flexibility index (Phi) is 3.31. The molecule has 3 aliphatic heterocycles. The van der Waals surface area contributed by atoms with Gasteiger partial charge in [-0.05, 0) is 30.5 Å².